The van der Waals surface area contributed by atoms with E-state index in [-0.39, 0.29) is 18.5 Å². The molecule has 2 atom stereocenters. The summed E-state index contributed by atoms with van der Waals surface area (Å²) in [7, 11) is 0. The summed E-state index contributed by atoms with van der Waals surface area (Å²) in [5.74, 6) is 0.0126. The fraction of sp³-hybridized carbons (Fsp3) is 0.250. The Bertz CT molecular complexity index is 1040. The summed E-state index contributed by atoms with van der Waals surface area (Å²) in [5, 5.41) is 12.1. The average molecular weight is 458 g/mol. The topological polar surface area (TPSA) is 38.0 Å². The highest BCUT2D eigenvalue weighted by molar-refractivity contribution is 7.98. The maximum absolute atomic E-state index is 14.0. The minimum atomic E-state index is -0.440. The normalized spacial score (nSPS) is 20.7. The van der Waals surface area contributed by atoms with E-state index in [4.69, 9.17) is 34.8 Å². The number of halogens is 4. The molecule has 3 nitrogen and oxygen atoms in total. The molecule has 28 heavy (non-hydrogen) atoms. The number of hydrogen-bond donors (Lipinski definition) is 1. The van der Waals surface area contributed by atoms with E-state index in [9.17, 15) is 9.50 Å². The number of rotatable bonds is 5. The van der Waals surface area contributed by atoms with Crippen molar-refractivity contribution in [1.29, 1.82) is 0 Å². The molecule has 0 radical (unpaired) electrons. The zero-order valence-corrected chi connectivity index (χ0v) is 17.9. The largest absolute Gasteiger partial charge is 0.394 e. The zero-order chi connectivity index (χ0) is 20.1. The van der Waals surface area contributed by atoms with E-state index in [0.29, 0.717) is 31.5 Å². The summed E-state index contributed by atoms with van der Waals surface area (Å²) in [4.78, 5) is 4.50. The molecule has 0 fully saturated rings. The van der Waals surface area contributed by atoms with Crippen LogP contribution < -0.4 is 0 Å². The van der Waals surface area contributed by atoms with Crippen LogP contribution in [-0.2, 0) is 11.2 Å². The third kappa shape index (κ3) is 3.04. The molecular formula is C20H16Cl3FN2OS. The Morgan fingerprint density at radius 3 is 2.64 bits per heavy atom. The van der Waals surface area contributed by atoms with Crippen molar-refractivity contribution >= 4 is 46.6 Å². The molecule has 0 bridgehead atoms. The van der Waals surface area contributed by atoms with Crippen molar-refractivity contribution in [1.82, 2.24) is 9.55 Å². The fourth-order valence-electron chi connectivity index (χ4n) is 3.73. The SMILES string of the molecule is CC1(c2ccc(Cl)c(Cl)c2)c2cnc(SCc3c(F)cccc3Cl)n2C1CO. The monoisotopic (exact) mass is 456 g/mol. The third-order valence-corrected chi connectivity index (χ3v) is 7.46. The Kier molecular flexibility index (Phi) is 5.40. The maximum Gasteiger partial charge on any atom is 0.168 e. The summed E-state index contributed by atoms with van der Waals surface area (Å²) in [6.07, 6.45) is 1.79. The van der Waals surface area contributed by atoms with Crippen LogP contribution in [0.4, 0.5) is 4.39 Å². The molecule has 1 N–H and O–H groups in total. The van der Waals surface area contributed by atoms with E-state index in [1.165, 1.54) is 17.8 Å². The van der Waals surface area contributed by atoms with Gasteiger partial charge in [0.1, 0.15) is 5.82 Å². The minimum absolute atomic E-state index is 0.0614. The van der Waals surface area contributed by atoms with Gasteiger partial charge in [-0.2, -0.15) is 0 Å². The van der Waals surface area contributed by atoms with Gasteiger partial charge in [0.2, 0.25) is 0 Å². The number of nitrogens with zero attached hydrogens (tertiary/aromatic N) is 2. The number of benzene rings is 2. The molecule has 0 aliphatic carbocycles. The van der Waals surface area contributed by atoms with Gasteiger partial charge in [0.15, 0.2) is 5.16 Å². The number of imidazole rings is 1. The molecule has 1 aromatic heterocycles. The van der Waals surface area contributed by atoms with Gasteiger partial charge in [0.05, 0.1) is 40.0 Å². The molecule has 1 aliphatic rings. The standard InChI is InChI=1S/C20H16Cl3FN2OS/c1-20(11-5-6-14(22)15(23)7-11)17-8-25-19(26(17)18(20)9-27)28-10-12-13(21)3-2-4-16(12)24/h2-8,18,27H,9-10H2,1H3. The van der Waals surface area contributed by atoms with Gasteiger partial charge in [-0.3, -0.25) is 0 Å². The molecule has 4 rings (SSSR count). The van der Waals surface area contributed by atoms with Crippen LogP contribution in [0.5, 0.6) is 0 Å². The molecule has 0 saturated carbocycles. The Morgan fingerprint density at radius 2 is 1.96 bits per heavy atom. The highest BCUT2D eigenvalue weighted by Gasteiger charge is 2.51. The lowest BCUT2D eigenvalue weighted by atomic mass is 9.68. The van der Waals surface area contributed by atoms with Gasteiger partial charge in [-0.15, -0.1) is 0 Å². The van der Waals surface area contributed by atoms with Crippen LogP contribution >= 0.6 is 46.6 Å². The first-order chi connectivity index (χ1) is 13.4. The van der Waals surface area contributed by atoms with Crippen LogP contribution in [0, 0.1) is 5.82 Å². The average Bonchev–Trinajstić information content (AvgIpc) is 3.04. The lowest BCUT2D eigenvalue weighted by molar-refractivity contribution is 0.121. The molecule has 146 valence electrons. The Balaban J connectivity index is 1.65. The summed E-state index contributed by atoms with van der Waals surface area (Å²) >= 11 is 19.8. The molecule has 0 saturated heterocycles. The van der Waals surface area contributed by atoms with Crippen molar-refractivity contribution in [3.05, 3.63) is 80.3 Å². The van der Waals surface area contributed by atoms with Gasteiger partial charge in [-0.25, -0.2) is 9.37 Å². The highest BCUT2D eigenvalue weighted by Crippen LogP contribution is 2.53. The first-order valence-corrected chi connectivity index (χ1v) is 10.7. The second kappa shape index (κ2) is 7.54. The molecule has 0 spiro atoms. The summed E-state index contributed by atoms with van der Waals surface area (Å²) in [5.41, 5.74) is 1.93. The number of aliphatic hydroxyl groups is 1. The van der Waals surface area contributed by atoms with Crippen LogP contribution in [0.1, 0.15) is 29.8 Å². The second-order valence-electron chi connectivity index (χ2n) is 6.81. The number of fused-ring (bicyclic) bond motifs is 1. The lowest BCUT2D eigenvalue weighted by Gasteiger charge is -2.48. The van der Waals surface area contributed by atoms with Crippen molar-refractivity contribution in [2.75, 3.05) is 6.61 Å². The first kappa shape index (κ1) is 20.0. The molecule has 2 aromatic carbocycles. The predicted molar refractivity (Wildman–Crippen MR) is 112 cm³/mol. The van der Waals surface area contributed by atoms with E-state index in [1.54, 1.807) is 24.4 Å². The van der Waals surface area contributed by atoms with Gasteiger partial charge in [0.25, 0.3) is 0 Å². The number of aromatic nitrogens is 2. The van der Waals surface area contributed by atoms with Crippen molar-refractivity contribution in [3.8, 4) is 0 Å². The van der Waals surface area contributed by atoms with Crippen LogP contribution in [-0.4, -0.2) is 21.3 Å². The second-order valence-corrected chi connectivity index (χ2v) is 8.98. The molecular weight excluding hydrogens is 442 g/mol. The van der Waals surface area contributed by atoms with E-state index in [1.807, 2.05) is 23.6 Å². The van der Waals surface area contributed by atoms with Crippen LogP contribution in [0.2, 0.25) is 15.1 Å². The Labute approximate surface area is 181 Å². The van der Waals surface area contributed by atoms with Crippen LogP contribution in [0.15, 0.2) is 47.8 Å². The molecule has 8 heteroatoms. The molecule has 3 aromatic rings. The maximum atomic E-state index is 14.0. The Hall–Kier alpha value is -1.24. The highest BCUT2D eigenvalue weighted by atomic mass is 35.5. The van der Waals surface area contributed by atoms with Gasteiger partial charge >= 0.3 is 0 Å². The van der Waals surface area contributed by atoms with Gasteiger partial charge in [0, 0.05) is 16.3 Å². The van der Waals surface area contributed by atoms with E-state index >= 15 is 0 Å². The summed E-state index contributed by atoms with van der Waals surface area (Å²) < 4.78 is 16.0. The van der Waals surface area contributed by atoms with E-state index in [0.717, 1.165) is 11.3 Å². The fourth-order valence-corrected chi connectivity index (χ4v) is 5.40. The first-order valence-electron chi connectivity index (χ1n) is 8.57. The van der Waals surface area contributed by atoms with Crippen LogP contribution in [0.3, 0.4) is 0 Å². The smallest absolute Gasteiger partial charge is 0.168 e. The van der Waals surface area contributed by atoms with Gasteiger partial charge in [-0.05, 0) is 36.8 Å². The van der Waals surface area contributed by atoms with E-state index < -0.39 is 5.41 Å². The number of aliphatic hydroxyl groups excluding tert-OH is 1. The van der Waals surface area contributed by atoms with Gasteiger partial charge in [-0.1, -0.05) is 58.7 Å². The van der Waals surface area contributed by atoms with Crippen LogP contribution in [0.25, 0.3) is 0 Å². The molecule has 0 amide bonds. The molecule has 2 unspecified atom stereocenters. The number of thioether (sulfide) groups is 1. The van der Waals surface area contributed by atoms with Gasteiger partial charge < -0.3 is 9.67 Å². The summed E-state index contributed by atoms with van der Waals surface area (Å²) in [6.45, 7) is 1.99. The van der Waals surface area contributed by atoms with Crippen molar-refractivity contribution in [2.45, 2.75) is 29.3 Å². The van der Waals surface area contributed by atoms with E-state index in [2.05, 4.69) is 4.98 Å². The quantitative estimate of drug-likeness (QED) is 0.468. The Morgan fingerprint density at radius 1 is 1.18 bits per heavy atom. The molecule has 2 heterocycles. The number of hydrogen-bond acceptors (Lipinski definition) is 3. The van der Waals surface area contributed by atoms with Crippen molar-refractivity contribution in [3.63, 3.8) is 0 Å². The predicted octanol–water partition coefficient (Wildman–Crippen LogP) is 6.13. The minimum Gasteiger partial charge on any atom is -0.394 e. The van der Waals surface area contributed by atoms with Crippen molar-refractivity contribution in [2.24, 2.45) is 0 Å². The van der Waals surface area contributed by atoms with Crippen molar-refractivity contribution < 1.29 is 9.50 Å². The third-order valence-electron chi connectivity index (χ3n) is 5.37. The zero-order valence-electron chi connectivity index (χ0n) is 14.8. The lowest BCUT2D eigenvalue weighted by Crippen LogP contribution is -2.49. The molecule has 1 aliphatic heterocycles. The summed E-state index contributed by atoms with van der Waals surface area (Å²) in [6, 6.07) is 9.94.